The van der Waals surface area contributed by atoms with Crippen LogP contribution in [0.5, 0.6) is 0 Å². The van der Waals surface area contributed by atoms with Crippen molar-refractivity contribution in [3.63, 3.8) is 0 Å². The van der Waals surface area contributed by atoms with Crippen molar-refractivity contribution in [2.45, 2.75) is 159 Å². The van der Waals surface area contributed by atoms with Crippen LogP contribution in [0.4, 0.5) is 0 Å². The number of imide groups is 2. The van der Waals surface area contributed by atoms with Crippen molar-refractivity contribution < 1.29 is 47.9 Å². The number of hydrogen-bond donors (Lipinski definition) is 6. The first kappa shape index (κ1) is 56.0. The highest BCUT2D eigenvalue weighted by Gasteiger charge is 2.39. The van der Waals surface area contributed by atoms with Gasteiger partial charge in [0.05, 0.1) is 10.9 Å². The zero-order valence-electron chi connectivity index (χ0n) is 38.0. The molecule has 0 bridgehead atoms. The van der Waals surface area contributed by atoms with E-state index in [1.807, 2.05) is 6.92 Å². The fraction of sp³-hybridized carbons (Fsp3) is 0.773. The predicted octanol–water partition coefficient (Wildman–Crippen LogP) is 2.37. The van der Waals surface area contributed by atoms with Crippen LogP contribution >= 0.6 is 21.0 Å². The van der Waals surface area contributed by atoms with Crippen molar-refractivity contribution >= 4 is 80.1 Å². The molecule has 0 spiro atoms. The highest BCUT2D eigenvalue weighted by Crippen LogP contribution is 2.26. The third kappa shape index (κ3) is 25.4. The summed E-state index contributed by atoms with van der Waals surface area (Å²) in [5, 5.41) is 16.7. The topological polar surface area (TPSA) is 249 Å². The number of nitrogens with zero attached hydrogens (tertiary/aromatic N) is 2. The van der Waals surface area contributed by atoms with Gasteiger partial charge in [-0.3, -0.25) is 57.7 Å². The van der Waals surface area contributed by atoms with Gasteiger partial charge in [0.2, 0.25) is 59.1 Å². The van der Waals surface area contributed by atoms with Gasteiger partial charge in [-0.1, -0.05) is 45.4 Å². The Hall–Kier alpha value is -4.12. The molecule has 0 aromatic rings. The summed E-state index contributed by atoms with van der Waals surface area (Å²) in [6, 6.07) is 0. The number of thioether (sulfide) groups is 1. The molecule has 0 aromatic carbocycles. The Morgan fingerprint density at radius 2 is 0.812 bits per heavy atom. The van der Waals surface area contributed by atoms with Crippen LogP contribution in [-0.4, -0.2) is 138 Å². The fourth-order valence-electron chi connectivity index (χ4n) is 7.00. The Kier molecular flexibility index (Phi) is 30.0. The third-order valence-corrected chi connectivity index (χ3v) is 12.6. The standard InChI is InChI=1S/C44H75N8O10PS/c1-2-35(53)45-22-11-3-4-12-23-46-36(54)18-10-8-16-27-49-39(57)20-29-52-42(60)32-34(44(52)62)64-30-21-40(58)50-25-14-6-5-13-24-47-37(55)17-9-7-15-26-48-38(56)19-28-51-41(59)31-33(63)43(51)61/h33-34H,2-32,63H2,1H3,(H,45,53)(H,46,54)(H,47,55)(H,48,56)(H,49,57)(H,50,58). The molecule has 0 aliphatic carbocycles. The fourth-order valence-corrected chi connectivity index (χ4v) is 8.50. The minimum Gasteiger partial charge on any atom is -0.356 e. The lowest BCUT2D eigenvalue weighted by Crippen LogP contribution is -2.35. The molecule has 2 heterocycles. The Morgan fingerprint density at radius 1 is 0.469 bits per heavy atom. The molecule has 2 saturated heterocycles. The first-order valence-corrected chi connectivity index (χ1v) is 25.2. The molecule has 6 N–H and O–H groups in total. The minimum atomic E-state index is -0.560. The van der Waals surface area contributed by atoms with Gasteiger partial charge in [0.25, 0.3) is 0 Å². The van der Waals surface area contributed by atoms with E-state index >= 15 is 0 Å². The largest absolute Gasteiger partial charge is 0.356 e. The molecule has 10 amide bonds. The second-order valence-corrected chi connectivity index (χ2v) is 18.4. The average Bonchev–Trinajstić information content (AvgIpc) is 3.68. The lowest BCUT2D eigenvalue weighted by molar-refractivity contribution is -0.140. The molecule has 64 heavy (non-hydrogen) atoms. The maximum Gasteiger partial charge on any atom is 0.242 e. The van der Waals surface area contributed by atoms with Gasteiger partial charge in [-0.15, -0.1) is 21.0 Å². The van der Waals surface area contributed by atoms with E-state index in [9.17, 15) is 47.9 Å². The number of nitrogens with one attached hydrogen (secondary N) is 6. The Labute approximate surface area is 385 Å². The summed E-state index contributed by atoms with van der Waals surface area (Å²) >= 11 is 1.28. The van der Waals surface area contributed by atoms with Crippen LogP contribution < -0.4 is 31.9 Å². The van der Waals surface area contributed by atoms with Gasteiger partial charge in [0.15, 0.2) is 0 Å². The average molecular weight is 939 g/mol. The maximum atomic E-state index is 12.8. The molecule has 2 aliphatic rings. The lowest BCUT2D eigenvalue weighted by atomic mass is 10.1. The Morgan fingerprint density at radius 3 is 1.20 bits per heavy atom. The second kappa shape index (κ2) is 34.3. The Balaban J connectivity index is 1.37. The summed E-state index contributed by atoms with van der Waals surface area (Å²) in [4.78, 5) is 123. The molecule has 3 unspecified atom stereocenters. The van der Waals surface area contributed by atoms with E-state index in [0.717, 1.165) is 93.3 Å². The van der Waals surface area contributed by atoms with Crippen molar-refractivity contribution in [3.8, 4) is 0 Å². The maximum absolute atomic E-state index is 12.8. The highest BCUT2D eigenvalue weighted by molar-refractivity contribution is 8.00. The van der Waals surface area contributed by atoms with Crippen molar-refractivity contribution in [3.05, 3.63) is 0 Å². The van der Waals surface area contributed by atoms with E-state index in [1.165, 1.54) is 11.8 Å². The summed E-state index contributed by atoms with van der Waals surface area (Å²) in [5.41, 5.74) is -0.400. The van der Waals surface area contributed by atoms with Gasteiger partial charge in [0.1, 0.15) is 0 Å². The van der Waals surface area contributed by atoms with E-state index in [2.05, 4.69) is 41.1 Å². The first-order valence-electron chi connectivity index (χ1n) is 23.5. The molecule has 2 aliphatic heterocycles. The molecule has 20 heteroatoms. The lowest BCUT2D eigenvalue weighted by Gasteiger charge is -2.14. The number of carbonyl (C=O) groups excluding carboxylic acids is 10. The molecule has 0 saturated carbocycles. The van der Waals surface area contributed by atoms with E-state index in [4.69, 9.17) is 0 Å². The summed E-state index contributed by atoms with van der Waals surface area (Å²) in [5.74, 6) is -1.24. The minimum absolute atomic E-state index is 0.00833. The van der Waals surface area contributed by atoms with Crippen molar-refractivity contribution in [2.24, 2.45) is 0 Å². The van der Waals surface area contributed by atoms with Gasteiger partial charge in [-0.05, 0) is 51.4 Å². The van der Waals surface area contributed by atoms with Gasteiger partial charge >= 0.3 is 0 Å². The molecule has 362 valence electrons. The van der Waals surface area contributed by atoms with Gasteiger partial charge in [0, 0.05) is 109 Å². The SMILES string of the molecule is CCC(=O)NCCCCCCNC(=O)CCCCCNC(=O)CCN1C(=O)CC(SCCC(=O)NCCCCCCNC(=O)CCCCCNC(=O)CCN2C(=O)CC(P)C2=O)C1=O. The molecule has 0 aromatic heterocycles. The smallest absolute Gasteiger partial charge is 0.242 e. The molecule has 18 nitrogen and oxygen atoms in total. The summed E-state index contributed by atoms with van der Waals surface area (Å²) in [6.45, 7) is 5.32. The summed E-state index contributed by atoms with van der Waals surface area (Å²) in [6.07, 6.45) is 13.6. The molecule has 0 radical (unpaired) electrons. The van der Waals surface area contributed by atoms with Crippen molar-refractivity contribution in [2.75, 3.05) is 58.1 Å². The highest BCUT2D eigenvalue weighted by atomic mass is 32.2. The second-order valence-electron chi connectivity index (χ2n) is 16.3. The van der Waals surface area contributed by atoms with Crippen molar-refractivity contribution in [1.29, 1.82) is 0 Å². The van der Waals surface area contributed by atoms with Gasteiger partial charge in [-0.25, -0.2) is 0 Å². The quantitative estimate of drug-likeness (QED) is 0.0300. The van der Waals surface area contributed by atoms with E-state index in [1.54, 1.807) is 0 Å². The number of unbranched alkanes of at least 4 members (excludes halogenated alkanes) is 10. The third-order valence-electron chi connectivity index (χ3n) is 10.9. The number of rotatable bonds is 37. The van der Waals surface area contributed by atoms with E-state index in [0.29, 0.717) is 70.7 Å². The van der Waals surface area contributed by atoms with Crippen molar-refractivity contribution in [1.82, 2.24) is 41.7 Å². The van der Waals surface area contributed by atoms with Crippen LogP contribution in [0.25, 0.3) is 0 Å². The molecular formula is C44H75N8O10PS. The molecule has 2 fully saturated rings. The van der Waals surface area contributed by atoms with Crippen LogP contribution in [0.2, 0.25) is 0 Å². The van der Waals surface area contributed by atoms with Crippen LogP contribution in [0.3, 0.4) is 0 Å². The zero-order chi connectivity index (χ0) is 47.0. The number of amides is 10. The van der Waals surface area contributed by atoms with Crippen LogP contribution in [0.15, 0.2) is 0 Å². The molecular weight excluding hydrogens is 864 g/mol. The van der Waals surface area contributed by atoms with Gasteiger partial charge < -0.3 is 31.9 Å². The first-order chi connectivity index (χ1) is 30.8. The van der Waals surface area contributed by atoms with E-state index < -0.39 is 10.9 Å². The molecule has 2 rings (SSSR count). The number of likely N-dealkylation sites (tertiary alicyclic amines) is 2. The summed E-state index contributed by atoms with van der Waals surface area (Å²) < 4.78 is 0. The van der Waals surface area contributed by atoms with Crippen LogP contribution in [-0.2, 0) is 47.9 Å². The zero-order valence-corrected chi connectivity index (χ0v) is 40.0. The number of hydrogen-bond acceptors (Lipinski definition) is 11. The van der Waals surface area contributed by atoms with E-state index in [-0.39, 0.29) is 104 Å². The van der Waals surface area contributed by atoms with Crippen LogP contribution in [0.1, 0.15) is 148 Å². The Bertz CT molecular complexity index is 1540. The molecule has 3 atom stereocenters. The predicted molar refractivity (Wildman–Crippen MR) is 248 cm³/mol. The van der Waals surface area contributed by atoms with Crippen LogP contribution in [0, 0.1) is 0 Å². The monoisotopic (exact) mass is 939 g/mol. The number of carbonyl (C=O) groups is 10. The summed E-state index contributed by atoms with van der Waals surface area (Å²) in [7, 11) is 2.35. The normalized spacial score (nSPS) is 16.0. The van der Waals surface area contributed by atoms with Gasteiger partial charge in [-0.2, -0.15) is 0 Å².